The highest BCUT2D eigenvalue weighted by Gasteiger charge is 2.16. The van der Waals surface area contributed by atoms with Crippen molar-refractivity contribution in [1.82, 2.24) is 0 Å². The Bertz CT molecular complexity index is 523. The molecule has 0 saturated heterocycles. The number of hydrogen-bond acceptors (Lipinski definition) is 1. The average molecular weight is 312 g/mol. The Morgan fingerprint density at radius 1 is 1.26 bits per heavy atom. The molecule has 0 bridgehead atoms. The Kier molecular flexibility index (Phi) is 7.08. The third-order valence-electron chi connectivity index (χ3n) is 5.24. The van der Waals surface area contributed by atoms with Gasteiger partial charge < -0.3 is 5.41 Å². The summed E-state index contributed by atoms with van der Waals surface area (Å²) in [5.41, 5.74) is 4.91. The minimum absolute atomic E-state index is 0.394. The molecule has 0 aliphatic heterocycles. The van der Waals surface area contributed by atoms with Crippen LogP contribution in [-0.4, -0.2) is 5.71 Å². The highest BCUT2D eigenvalue weighted by Crippen LogP contribution is 2.33. The maximum atomic E-state index is 8.24. The second-order valence-electron chi connectivity index (χ2n) is 7.40. The number of allylic oxidation sites excluding steroid dienone is 1. The molecule has 0 amide bonds. The summed E-state index contributed by atoms with van der Waals surface area (Å²) in [6.45, 7) is 8.59. The molecule has 0 heterocycles. The lowest BCUT2D eigenvalue weighted by atomic mass is 9.83. The van der Waals surface area contributed by atoms with Crippen molar-refractivity contribution in [2.75, 3.05) is 0 Å². The van der Waals surface area contributed by atoms with Crippen LogP contribution in [0.5, 0.6) is 0 Å². The van der Waals surface area contributed by atoms with Gasteiger partial charge in [0.15, 0.2) is 0 Å². The molecule has 1 nitrogen and oxygen atoms in total. The van der Waals surface area contributed by atoms with E-state index >= 15 is 0 Å². The summed E-state index contributed by atoms with van der Waals surface area (Å²) in [5, 5.41) is 8.24. The Hall–Kier alpha value is -1.37. The molecule has 126 valence electrons. The van der Waals surface area contributed by atoms with Crippen LogP contribution in [0.4, 0.5) is 0 Å². The zero-order valence-corrected chi connectivity index (χ0v) is 15.0. The summed E-state index contributed by atoms with van der Waals surface area (Å²) < 4.78 is 0. The van der Waals surface area contributed by atoms with Crippen molar-refractivity contribution in [3.8, 4) is 0 Å². The fourth-order valence-electron chi connectivity index (χ4n) is 3.79. The van der Waals surface area contributed by atoms with Crippen molar-refractivity contribution in [1.29, 1.82) is 5.41 Å². The maximum Gasteiger partial charge on any atom is 0.0158 e. The van der Waals surface area contributed by atoms with Gasteiger partial charge in [0.1, 0.15) is 0 Å². The molecule has 1 aromatic carbocycles. The fraction of sp³-hybridized carbons (Fsp3) is 0.591. The largest absolute Gasteiger partial charge is 0.309 e. The van der Waals surface area contributed by atoms with Gasteiger partial charge in [0.25, 0.3) is 0 Å². The van der Waals surface area contributed by atoms with Gasteiger partial charge in [0.05, 0.1) is 0 Å². The Morgan fingerprint density at radius 3 is 2.70 bits per heavy atom. The maximum absolute atomic E-state index is 8.24. The third kappa shape index (κ3) is 5.64. The second-order valence-corrected chi connectivity index (χ2v) is 7.40. The van der Waals surface area contributed by atoms with Gasteiger partial charge in [0.2, 0.25) is 0 Å². The highest BCUT2D eigenvalue weighted by molar-refractivity contribution is 5.85. The Morgan fingerprint density at radius 2 is 2.00 bits per heavy atom. The van der Waals surface area contributed by atoms with Crippen LogP contribution >= 0.6 is 0 Å². The molecular formula is C22H33N. The van der Waals surface area contributed by atoms with Crippen LogP contribution in [0.25, 0.3) is 0 Å². The van der Waals surface area contributed by atoms with Crippen molar-refractivity contribution in [2.45, 2.75) is 77.6 Å². The van der Waals surface area contributed by atoms with Gasteiger partial charge in [-0.3, -0.25) is 0 Å². The fourth-order valence-corrected chi connectivity index (χ4v) is 3.79. The third-order valence-corrected chi connectivity index (χ3v) is 5.24. The van der Waals surface area contributed by atoms with Gasteiger partial charge in [-0.25, -0.2) is 0 Å². The van der Waals surface area contributed by atoms with Gasteiger partial charge in [-0.1, -0.05) is 75.9 Å². The van der Waals surface area contributed by atoms with E-state index in [1.807, 2.05) is 0 Å². The molecule has 0 spiro atoms. The van der Waals surface area contributed by atoms with E-state index in [0.29, 0.717) is 5.92 Å². The molecule has 1 N–H and O–H groups in total. The predicted molar refractivity (Wildman–Crippen MR) is 102 cm³/mol. The minimum Gasteiger partial charge on any atom is -0.309 e. The van der Waals surface area contributed by atoms with E-state index in [9.17, 15) is 0 Å². The van der Waals surface area contributed by atoms with Crippen LogP contribution in [0.1, 0.15) is 82.3 Å². The molecule has 0 radical (unpaired) electrons. The Labute approximate surface area is 142 Å². The first-order chi connectivity index (χ1) is 11.1. The molecule has 1 atom stereocenters. The Balaban J connectivity index is 1.91. The van der Waals surface area contributed by atoms with Gasteiger partial charge in [0, 0.05) is 12.1 Å². The molecule has 2 rings (SSSR count). The van der Waals surface area contributed by atoms with Crippen molar-refractivity contribution in [3.05, 3.63) is 47.5 Å². The lowest BCUT2D eigenvalue weighted by molar-refractivity contribution is 0.443. The molecule has 1 fully saturated rings. The van der Waals surface area contributed by atoms with Crippen LogP contribution in [0.15, 0.2) is 36.4 Å². The number of hydrogen-bond donors (Lipinski definition) is 1. The zero-order valence-electron chi connectivity index (χ0n) is 15.0. The van der Waals surface area contributed by atoms with E-state index in [1.165, 1.54) is 48.8 Å². The molecule has 1 aliphatic rings. The summed E-state index contributed by atoms with van der Waals surface area (Å²) in [4.78, 5) is 0. The van der Waals surface area contributed by atoms with E-state index in [0.717, 1.165) is 37.3 Å². The van der Waals surface area contributed by atoms with Gasteiger partial charge >= 0.3 is 0 Å². The van der Waals surface area contributed by atoms with E-state index in [4.69, 9.17) is 5.41 Å². The summed E-state index contributed by atoms with van der Waals surface area (Å²) in [5.74, 6) is 1.16. The van der Waals surface area contributed by atoms with Crippen LogP contribution in [0.3, 0.4) is 0 Å². The quantitative estimate of drug-likeness (QED) is 0.409. The van der Waals surface area contributed by atoms with Crippen molar-refractivity contribution >= 4 is 5.71 Å². The molecule has 1 heteroatoms. The van der Waals surface area contributed by atoms with Crippen LogP contribution < -0.4 is 0 Å². The number of rotatable bonds is 8. The monoisotopic (exact) mass is 311 g/mol. The smallest absolute Gasteiger partial charge is 0.0158 e. The number of nitrogens with one attached hydrogen (secondary N) is 1. The molecule has 0 aromatic heterocycles. The van der Waals surface area contributed by atoms with E-state index in [1.54, 1.807) is 0 Å². The summed E-state index contributed by atoms with van der Waals surface area (Å²) in [7, 11) is 0. The highest BCUT2D eigenvalue weighted by atomic mass is 14.4. The standard InChI is InChI=1S/C22H33N/c1-4-9-18(3)22(23)15-17(2)14-19-10-8-13-21(16-19)20-11-6-5-7-12-20/h8,10,13,16,18,20,23H,2,4-7,9,11-12,14-15H2,1,3H3/t18-/m0/s1. The average Bonchev–Trinajstić information content (AvgIpc) is 2.56. The minimum atomic E-state index is 0.394. The van der Waals surface area contributed by atoms with Gasteiger partial charge in [-0.05, 0) is 48.6 Å². The topological polar surface area (TPSA) is 23.9 Å². The van der Waals surface area contributed by atoms with E-state index in [2.05, 4.69) is 44.7 Å². The first-order valence-electron chi connectivity index (χ1n) is 9.43. The summed E-state index contributed by atoms with van der Waals surface area (Å²) in [6.07, 6.45) is 10.8. The first-order valence-corrected chi connectivity index (χ1v) is 9.43. The van der Waals surface area contributed by atoms with Crippen molar-refractivity contribution < 1.29 is 0 Å². The van der Waals surface area contributed by atoms with Crippen molar-refractivity contribution in [3.63, 3.8) is 0 Å². The molecule has 1 saturated carbocycles. The summed E-state index contributed by atoms with van der Waals surface area (Å²) >= 11 is 0. The molecular weight excluding hydrogens is 278 g/mol. The molecule has 0 unspecified atom stereocenters. The second kappa shape index (κ2) is 9.05. The van der Waals surface area contributed by atoms with E-state index < -0.39 is 0 Å². The summed E-state index contributed by atoms with van der Waals surface area (Å²) in [6, 6.07) is 9.11. The zero-order chi connectivity index (χ0) is 16.7. The van der Waals surface area contributed by atoms with Crippen LogP contribution in [0.2, 0.25) is 0 Å². The van der Waals surface area contributed by atoms with Crippen molar-refractivity contribution in [2.24, 2.45) is 5.92 Å². The molecule has 23 heavy (non-hydrogen) atoms. The lowest BCUT2D eigenvalue weighted by Gasteiger charge is -2.22. The number of benzene rings is 1. The lowest BCUT2D eigenvalue weighted by Crippen LogP contribution is -2.11. The van der Waals surface area contributed by atoms with Crippen LogP contribution in [-0.2, 0) is 6.42 Å². The predicted octanol–water partition coefficient (Wildman–Crippen LogP) is 6.68. The first kappa shape index (κ1) is 18.0. The van der Waals surface area contributed by atoms with Crippen LogP contribution in [0, 0.1) is 11.3 Å². The van der Waals surface area contributed by atoms with Gasteiger partial charge in [-0.15, -0.1) is 0 Å². The van der Waals surface area contributed by atoms with E-state index in [-0.39, 0.29) is 0 Å². The van der Waals surface area contributed by atoms with Gasteiger partial charge in [-0.2, -0.15) is 0 Å². The molecule has 1 aromatic rings. The molecule has 1 aliphatic carbocycles. The normalized spacial score (nSPS) is 17.0. The SMILES string of the molecule is C=C(CC(=N)[C@@H](C)CCC)Cc1cccc(C2CCCCC2)c1.